The van der Waals surface area contributed by atoms with E-state index in [1.54, 1.807) is 6.92 Å². The number of phenols is 1. The first-order chi connectivity index (χ1) is 13.2. The van der Waals surface area contributed by atoms with Gasteiger partial charge in [0.05, 0.1) is 23.1 Å². The van der Waals surface area contributed by atoms with Crippen molar-refractivity contribution in [1.29, 1.82) is 0 Å². The summed E-state index contributed by atoms with van der Waals surface area (Å²) in [5, 5.41) is 17.7. The lowest BCUT2D eigenvalue weighted by Crippen LogP contribution is -2.29. The molecule has 0 aliphatic rings. The van der Waals surface area contributed by atoms with Gasteiger partial charge in [0.25, 0.3) is 5.91 Å². The molecule has 0 bridgehead atoms. The molecular formula is C18H19FN4O4S. The number of carbonyl (C=O) groups excluding carboxylic acids is 1. The number of nitrogens with zero attached hydrogens (tertiary/aromatic N) is 3. The standard InChI is InChI=1S/C18H19FN4O4S/c1-4-22(28(3,26)27)15-10-14-13(9-16(15)24)17(18(25)20-2)23(21-14)12-7-5-11(19)6-8-12/h5-10,24H,4H2,1-3H3,(H,20,25). The second-order valence-electron chi connectivity index (χ2n) is 6.10. The van der Waals surface area contributed by atoms with Crippen molar-refractivity contribution in [3.8, 4) is 11.4 Å². The third-order valence-corrected chi connectivity index (χ3v) is 5.49. The van der Waals surface area contributed by atoms with Crippen LogP contribution in [0.2, 0.25) is 0 Å². The minimum atomic E-state index is -3.62. The van der Waals surface area contributed by atoms with E-state index in [0.717, 1.165) is 10.6 Å². The number of benzene rings is 2. The summed E-state index contributed by atoms with van der Waals surface area (Å²) < 4.78 is 39.7. The van der Waals surface area contributed by atoms with Gasteiger partial charge >= 0.3 is 0 Å². The molecule has 0 unspecified atom stereocenters. The molecule has 148 valence electrons. The lowest BCUT2D eigenvalue weighted by molar-refractivity contribution is 0.0957. The molecule has 1 amide bonds. The maximum absolute atomic E-state index is 13.3. The number of hydrogen-bond acceptors (Lipinski definition) is 5. The van der Waals surface area contributed by atoms with Gasteiger partial charge < -0.3 is 10.4 Å². The molecule has 10 heteroatoms. The number of halogens is 1. The number of nitrogens with one attached hydrogen (secondary N) is 1. The Morgan fingerprint density at radius 3 is 2.46 bits per heavy atom. The summed E-state index contributed by atoms with van der Waals surface area (Å²) in [5.74, 6) is -1.20. The molecule has 0 saturated carbocycles. The van der Waals surface area contributed by atoms with Crippen molar-refractivity contribution in [2.75, 3.05) is 24.2 Å². The average Bonchev–Trinajstić information content (AvgIpc) is 2.99. The zero-order valence-corrected chi connectivity index (χ0v) is 16.3. The molecule has 0 fully saturated rings. The molecule has 1 heterocycles. The van der Waals surface area contributed by atoms with Crippen LogP contribution >= 0.6 is 0 Å². The summed E-state index contributed by atoms with van der Waals surface area (Å²) in [6, 6.07) is 8.10. The third-order valence-electron chi connectivity index (χ3n) is 4.24. The fourth-order valence-corrected chi connectivity index (χ4v) is 3.97. The zero-order chi connectivity index (χ0) is 20.6. The van der Waals surface area contributed by atoms with Crippen LogP contribution in [-0.2, 0) is 10.0 Å². The number of sulfonamides is 1. The fourth-order valence-electron chi connectivity index (χ4n) is 3.00. The zero-order valence-electron chi connectivity index (χ0n) is 15.5. The SMILES string of the molecule is CCN(c1cc2nn(-c3ccc(F)cc3)c(C(=O)NC)c2cc1O)S(C)(=O)=O. The highest BCUT2D eigenvalue weighted by molar-refractivity contribution is 7.92. The van der Waals surface area contributed by atoms with E-state index >= 15 is 0 Å². The number of phenolic OH excluding ortho intramolecular Hbond substituents is 1. The van der Waals surface area contributed by atoms with Crippen LogP contribution in [0.5, 0.6) is 5.75 Å². The van der Waals surface area contributed by atoms with Crippen molar-refractivity contribution < 1.29 is 22.7 Å². The average molecular weight is 406 g/mol. The second kappa shape index (κ2) is 7.12. The quantitative estimate of drug-likeness (QED) is 0.675. The van der Waals surface area contributed by atoms with E-state index in [1.807, 2.05) is 0 Å². The van der Waals surface area contributed by atoms with Crippen LogP contribution < -0.4 is 9.62 Å². The van der Waals surface area contributed by atoms with Gasteiger partial charge in [-0.3, -0.25) is 9.10 Å². The van der Waals surface area contributed by atoms with Gasteiger partial charge in [0, 0.05) is 19.0 Å². The smallest absolute Gasteiger partial charge is 0.270 e. The van der Waals surface area contributed by atoms with Crippen LogP contribution in [0.1, 0.15) is 17.4 Å². The van der Waals surface area contributed by atoms with Crippen LogP contribution in [0.25, 0.3) is 16.6 Å². The molecule has 0 radical (unpaired) electrons. The first kappa shape index (κ1) is 19.6. The van der Waals surface area contributed by atoms with Gasteiger partial charge in [-0.15, -0.1) is 0 Å². The topological polar surface area (TPSA) is 105 Å². The fraction of sp³-hybridized carbons (Fsp3) is 0.222. The molecule has 2 aromatic carbocycles. The summed E-state index contributed by atoms with van der Waals surface area (Å²) in [5.41, 5.74) is 0.934. The van der Waals surface area contributed by atoms with E-state index in [1.165, 1.54) is 48.1 Å². The summed E-state index contributed by atoms with van der Waals surface area (Å²) in [6.45, 7) is 1.75. The van der Waals surface area contributed by atoms with Gasteiger partial charge in [0.2, 0.25) is 10.0 Å². The first-order valence-corrected chi connectivity index (χ1v) is 10.2. The number of fused-ring (bicyclic) bond motifs is 1. The lowest BCUT2D eigenvalue weighted by atomic mass is 10.1. The van der Waals surface area contributed by atoms with Crippen LogP contribution in [0, 0.1) is 5.82 Å². The van der Waals surface area contributed by atoms with Gasteiger partial charge in [-0.1, -0.05) is 0 Å². The number of aromatic hydroxyl groups is 1. The van der Waals surface area contributed by atoms with Crippen LogP contribution in [-0.4, -0.2) is 49.1 Å². The highest BCUT2D eigenvalue weighted by Gasteiger charge is 2.24. The minimum Gasteiger partial charge on any atom is -0.506 e. The minimum absolute atomic E-state index is 0.0599. The van der Waals surface area contributed by atoms with Gasteiger partial charge in [-0.2, -0.15) is 5.10 Å². The van der Waals surface area contributed by atoms with E-state index in [9.17, 15) is 22.7 Å². The van der Waals surface area contributed by atoms with Gasteiger partial charge in [0.15, 0.2) is 0 Å². The molecule has 0 aliphatic heterocycles. The third kappa shape index (κ3) is 3.38. The number of aromatic nitrogens is 2. The lowest BCUT2D eigenvalue weighted by Gasteiger charge is -2.21. The highest BCUT2D eigenvalue weighted by Crippen LogP contribution is 2.35. The number of hydrogen-bond donors (Lipinski definition) is 2. The van der Waals surface area contributed by atoms with E-state index in [2.05, 4.69) is 10.4 Å². The van der Waals surface area contributed by atoms with Crippen LogP contribution in [0.3, 0.4) is 0 Å². The molecule has 1 aromatic heterocycles. The van der Waals surface area contributed by atoms with Crippen LogP contribution in [0.15, 0.2) is 36.4 Å². The molecule has 2 N–H and O–H groups in total. The molecule has 3 rings (SSSR count). The van der Waals surface area contributed by atoms with Gasteiger partial charge in [0.1, 0.15) is 17.3 Å². The molecule has 0 saturated heterocycles. The monoisotopic (exact) mass is 406 g/mol. The van der Waals surface area contributed by atoms with E-state index < -0.39 is 21.7 Å². The normalized spacial score (nSPS) is 11.6. The van der Waals surface area contributed by atoms with Crippen molar-refractivity contribution in [1.82, 2.24) is 15.1 Å². The summed E-state index contributed by atoms with van der Waals surface area (Å²) >= 11 is 0. The van der Waals surface area contributed by atoms with Crippen molar-refractivity contribution >= 4 is 32.5 Å². The van der Waals surface area contributed by atoms with Crippen molar-refractivity contribution in [2.45, 2.75) is 6.92 Å². The number of amides is 1. The first-order valence-electron chi connectivity index (χ1n) is 8.38. The Hall–Kier alpha value is -3.14. The van der Waals surface area contributed by atoms with Gasteiger partial charge in [-0.25, -0.2) is 17.5 Å². The number of rotatable bonds is 5. The summed E-state index contributed by atoms with van der Waals surface area (Å²) in [4.78, 5) is 12.5. The molecule has 3 aromatic rings. The molecular weight excluding hydrogens is 387 g/mol. The van der Waals surface area contributed by atoms with E-state index in [-0.39, 0.29) is 23.7 Å². The Balaban J connectivity index is 2.31. The van der Waals surface area contributed by atoms with Crippen molar-refractivity contribution in [3.05, 3.63) is 47.9 Å². The molecule has 0 atom stereocenters. The van der Waals surface area contributed by atoms with E-state index in [4.69, 9.17) is 0 Å². The Labute approximate surface area is 161 Å². The maximum atomic E-state index is 13.3. The Kier molecular flexibility index (Phi) is 4.99. The highest BCUT2D eigenvalue weighted by atomic mass is 32.2. The predicted molar refractivity (Wildman–Crippen MR) is 104 cm³/mol. The number of anilines is 1. The van der Waals surface area contributed by atoms with Crippen molar-refractivity contribution in [2.24, 2.45) is 0 Å². The maximum Gasteiger partial charge on any atom is 0.270 e. The largest absolute Gasteiger partial charge is 0.506 e. The number of carbonyl (C=O) groups is 1. The summed E-state index contributed by atoms with van der Waals surface area (Å²) in [7, 11) is -2.17. The molecule has 28 heavy (non-hydrogen) atoms. The second-order valence-corrected chi connectivity index (χ2v) is 8.01. The molecule has 0 spiro atoms. The Bertz CT molecular complexity index is 1160. The molecule has 0 aliphatic carbocycles. The van der Waals surface area contributed by atoms with Crippen LogP contribution in [0.4, 0.5) is 10.1 Å². The Morgan fingerprint density at radius 1 is 1.29 bits per heavy atom. The van der Waals surface area contributed by atoms with Crippen molar-refractivity contribution in [3.63, 3.8) is 0 Å². The summed E-state index contributed by atoms with van der Waals surface area (Å²) in [6.07, 6.45) is 1.03. The van der Waals surface area contributed by atoms with Gasteiger partial charge in [-0.05, 0) is 43.3 Å². The molecule has 8 nitrogen and oxygen atoms in total. The predicted octanol–water partition coefficient (Wildman–Crippen LogP) is 2.02. The van der Waals surface area contributed by atoms with E-state index in [0.29, 0.717) is 16.6 Å². The Morgan fingerprint density at radius 2 is 1.93 bits per heavy atom.